The molecule has 0 aromatic rings. The van der Waals surface area contributed by atoms with E-state index in [4.69, 9.17) is 16.0 Å². The van der Waals surface area contributed by atoms with Gasteiger partial charge in [0.15, 0.2) is 0 Å². The number of carbonyl (C=O) groups excluding carboxylic acids is 1. The number of hydrogen-bond acceptors (Lipinski definition) is 6. The minimum atomic E-state index is -4.74. The summed E-state index contributed by atoms with van der Waals surface area (Å²) in [5.41, 5.74) is 11.2. The largest absolute Gasteiger partial charge is 0.448 e. The fraction of sp³-hybridized carbons (Fsp3) is 0.857. The summed E-state index contributed by atoms with van der Waals surface area (Å²) in [5.74, 6) is -1.66. The molecule has 0 aliphatic heterocycles. The SMILES string of the molecule is NC1CC(N)CC(C(=O)OS(=O)(=O)O)C1. The Bertz CT molecular complexity index is 331. The second-order valence-corrected chi connectivity index (χ2v) is 4.78. The van der Waals surface area contributed by atoms with E-state index in [-0.39, 0.29) is 12.1 Å². The van der Waals surface area contributed by atoms with Crippen LogP contribution in [0.3, 0.4) is 0 Å². The zero-order chi connectivity index (χ0) is 11.6. The lowest BCUT2D eigenvalue weighted by Gasteiger charge is -2.28. The first-order valence-corrected chi connectivity index (χ1v) is 5.86. The van der Waals surface area contributed by atoms with Crippen molar-refractivity contribution in [2.75, 3.05) is 0 Å². The smallest absolute Gasteiger partial charge is 0.328 e. The summed E-state index contributed by atoms with van der Waals surface area (Å²) < 4.78 is 32.8. The van der Waals surface area contributed by atoms with E-state index in [0.717, 1.165) is 0 Å². The van der Waals surface area contributed by atoms with E-state index in [2.05, 4.69) is 4.18 Å². The molecular weight excluding hydrogens is 224 g/mol. The quantitative estimate of drug-likeness (QED) is 0.514. The summed E-state index contributed by atoms with van der Waals surface area (Å²) in [5, 5.41) is 0. The van der Waals surface area contributed by atoms with Gasteiger partial charge in [0.2, 0.25) is 0 Å². The first-order valence-electron chi connectivity index (χ1n) is 4.50. The van der Waals surface area contributed by atoms with E-state index in [1.165, 1.54) is 0 Å². The molecule has 0 heterocycles. The molecule has 1 saturated carbocycles. The minimum absolute atomic E-state index is 0.243. The molecule has 0 amide bonds. The second-order valence-electron chi connectivity index (χ2n) is 3.75. The summed E-state index contributed by atoms with van der Waals surface area (Å²) in [4.78, 5) is 11.2. The molecule has 8 heteroatoms. The molecule has 0 radical (unpaired) electrons. The molecule has 0 saturated heterocycles. The molecule has 1 aliphatic rings. The molecule has 5 N–H and O–H groups in total. The van der Waals surface area contributed by atoms with Gasteiger partial charge in [-0.25, -0.2) is 0 Å². The van der Waals surface area contributed by atoms with E-state index in [9.17, 15) is 13.2 Å². The maximum absolute atomic E-state index is 11.2. The second kappa shape index (κ2) is 4.44. The van der Waals surface area contributed by atoms with E-state index in [1.807, 2.05) is 0 Å². The van der Waals surface area contributed by atoms with Crippen molar-refractivity contribution in [3.63, 3.8) is 0 Å². The Labute approximate surface area is 87.7 Å². The van der Waals surface area contributed by atoms with Crippen LogP contribution >= 0.6 is 0 Å². The molecule has 2 unspecified atom stereocenters. The molecule has 1 aliphatic carbocycles. The van der Waals surface area contributed by atoms with Crippen LogP contribution in [-0.4, -0.2) is 31.0 Å². The Balaban J connectivity index is 2.60. The summed E-state index contributed by atoms with van der Waals surface area (Å²) in [6, 6.07) is -0.486. The van der Waals surface area contributed by atoms with Gasteiger partial charge >= 0.3 is 16.4 Å². The van der Waals surface area contributed by atoms with Gasteiger partial charge in [0.1, 0.15) is 0 Å². The van der Waals surface area contributed by atoms with Gasteiger partial charge in [-0.3, -0.25) is 9.35 Å². The van der Waals surface area contributed by atoms with Crippen LogP contribution in [0, 0.1) is 5.92 Å². The van der Waals surface area contributed by atoms with Gasteiger partial charge in [0.25, 0.3) is 0 Å². The van der Waals surface area contributed by atoms with Crippen LogP contribution in [0.1, 0.15) is 19.3 Å². The van der Waals surface area contributed by atoms with Crippen LogP contribution in [0.4, 0.5) is 0 Å². The fourth-order valence-corrected chi connectivity index (χ4v) is 2.12. The number of carbonyl (C=O) groups is 1. The van der Waals surface area contributed by atoms with E-state index >= 15 is 0 Å². The third kappa shape index (κ3) is 4.12. The van der Waals surface area contributed by atoms with Crippen LogP contribution in [0.15, 0.2) is 0 Å². The van der Waals surface area contributed by atoms with Gasteiger partial charge in [-0.2, -0.15) is 8.42 Å². The third-order valence-electron chi connectivity index (χ3n) is 2.30. The van der Waals surface area contributed by atoms with Crippen molar-refractivity contribution >= 4 is 16.4 Å². The Morgan fingerprint density at radius 2 is 1.67 bits per heavy atom. The standard InChI is InChI=1S/C7H14N2O5S/c8-5-1-4(2-6(9)3-5)7(10)14-15(11,12)13/h4-6H,1-3,8-9H2,(H,11,12,13). The molecule has 0 bridgehead atoms. The maximum Gasteiger partial charge on any atom is 0.448 e. The zero-order valence-electron chi connectivity index (χ0n) is 8.00. The van der Waals surface area contributed by atoms with Crippen LogP contribution in [0.25, 0.3) is 0 Å². The summed E-state index contributed by atoms with van der Waals surface area (Å²) >= 11 is 0. The topological polar surface area (TPSA) is 133 Å². The van der Waals surface area contributed by atoms with E-state index in [1.54, 1.807) is 0 Å². The average Bonchev–Trinajstić information content (AvgIpc) is 1.98. The lowest BCUT2D eigenvalue weighted by molar-refractivity contribution is -0.140. The monoisotopic (exact) mass is 238 g/mol. The van der Waals surface area contributed by atoms with Crippen molar-refractivity contribution in [2.24, 2.45) is 17.4 Å². The first kappa shape index (κ1) is 12.4. The molecule has 15 heavy (non-hydrogen) atoms. The molecule has 0 spiro atoms. The highest BCUT2D eigenvalue weighted by Gasteiger charge is 2.32. The van der Waals surface area contributed by atoms with Gasteiger partial charge in [0, 0.05) is 12.1 Å². The lowest BCUT2D eigenvalue weighted by atomic mass is 9.83. The molecule has 2 atom stereocenters. The predicted octanol–water partition coefficient (Wildman–Crippen LogP) is -1.21. The Hall–Kier alpha value is -0.700. The van der Waals surface area contributed by atoms with Gasteiger partial charge in [-0.1, -0.05) is 0 Å². The van der Waals surface area contributed by atoms with E-state index < -0.39 is 22.3 Å². The van der Waals surface area contributed by atoms with Crippen LogP contribution in [0.2, 0.25) is 0 Å². The maximum atomic E-state index is 11.2. The van der Waals surface area contributed by atoms with Crippen molar-refractivity contribution in [2.45, 2.75) is 31.3 Å². The number of hydrogen-bond donors (Lipinski definition) is 3. The Morgan fingerprint density at radius 1 is 1.20 bits per heavy atom. The van der Waals surface area contributed by atoms with Crippen molar-refractivity contribution in [3.8, 4) is 0 Å². The molecule has 1 fully saturated rings. The molecular formula is C7H14N2O5S. The predicted molar refractivity (Wildman–Crippen MR) is 50.9 cm³/mol. The summed E-state index contributed by atoms with van der Waals surface area (Å²) in [6.45, 7) is 0. The lowest BCUT2D eigenvalue weighted by Crippen LogP contribution is -2.42. The highest BCUT2D eigenvalue weighted by Crippen LogP contribution is 2.24. The summed E-state index contributed by atoms with van der Waals surface area (Å²) in [6.07, 6.45) is 1.24. The highest BCUT2D eigenvalue weighted by atomic mass is 32.3. The highest BCUT2D eigenvalue weighted by molar-refractivity contribution is 7.81. The average molecular weight is 238 g/mol. The Kier molecular flexibility index (Phi) is 3.66. The third-order valence-corrected chi connectivity index (χ3v) is 2.68. The van der Waals surface area contributed by atoms with Crippen molar-refractivity contribution in [1.29, 1.82) is 0 Å². The van der Waals surface area contributed by atoms with Gasteiger partial charge in [-0.05, 0) is 19.3 Å². The molecule has 7 nitrogen and oxygen atoms in total. The minimum Gasteiger partial charge on any atom is -0.328 e. The van der Waals surface area contributed by atoms with Crippen molar-refractivity contribution in [1.82, 2.24) is 0 Å². The zero-order valence-corrected chi connectivity index (χ0v) is 8.81. The Morgan fingerprint density at radius 3 is 2.07 bits per heavy atom. The van der Waals surface area contributed by atoms with Crippen LogP contribution < -0.4 is 11.5 Å². The molecule has 0 aromatic carbocycles. The van der Waals surface area contributed by atoms with Crippen LogP contribution in [-0.2, 0) is 19.4 Å². The van der Waals surface area contributed by atoms with Crippen molar-refractivity contribution < 1.29 is 21.9 Å². The summed E-state index contributed by atoms with van der Waals surface area (Å²) in [7, 11) is -4.74. The van der Waals surface area contributed by atoms with Crippen LogP contribution in [0.5, 0.6) is 0 Å². The molecule has 88 valence electrons. The first-order chi connectivity index (χ1) is 6.78. The normalized spacial score (nSPS) is 32.3. The molecule has 0 aromatic heterocycles. The van der Waals surface area contributed by atoms with Gasteiger partial charge in [0.05, 0.1) is 5.92 Å². The van der Waals surface area contributed by atoms with Gasteiger partial charge in [-0.15, -0.1) is 0 Å². The van der Waals surface area contributed by atoms with Gasteiger partial charge < -0.3 is 15.7 Å². The fourth-order valence-electron chi connectivity index (χ4n) is 1.77. The number of rotatable bonds is 2. The van der Waals surface area contributed by atoms with E-state index in [0.29, 0.717) is 19.3 Å². The molecule has 1 rings (SSSR count). The number of nitrogens with two attached hydrogens (primary N) is 2. The van der Waals surface area contributed by atoms with Crippen molar-refractivity contribution in [3.05, 3.63) is 0 Å².